The van der Waals surface area contributed by atoms with Crippen molar-refractivity contribution in [2.75, 3.05) is 29.1 Å². The molecule has 0 saturated heterocycles. The minimum atomic E-state index is -0.0711. The van der Waals surface area contributed by atoms with Gasteiger partial charge in [0, 0.05) is 36.6 Å². The van der Waals surface area contributed by atoms with Gasteiger partial charge in [0.25, 0.3) is 0 Å². The largest absolute Gasteiger partial charge is 0.382 e. The first-order valence-electron chi connectivity index (χ1n) is 7.21. The summed E-state index contributed by atoms with van der Waals surface area (Å²) in [6, 6.07) is 6.78. The summed E-state index contributed by atoms with van der Waals surface area (Å²) in [6.45, 7) is 2.48. The highest BCUT2D eigenvalue weighted by Crippen LogP contribution is 2.38. The van der Waals surface area contributed by atoms with Crippen molar-refractivity contribution in [2.24, 2.45) is 0 Å². The molecule has 0 radical (unpaired) electrons. The Labute approximate surface area is 128 Å². The van der Waals surface area contributed by atoms with Crippen LogP contribution in [0.3, 0.4) is 0 Å². The van der Waals surface area contributed by atoms with Crippen molar-refractivity contribution >= 4 is 35.0 Å². The van der Waals surface area contributed by atoms with Crippen LogP contribution < -0.4 is 15.5 Å². The fourth-order valence-electron chi connectivity index (χ4n) is 2.34. The van der Waals surface area contributed by atoms with Gasteiger partial charge in [-0.25, -0.2) is 0 Å². The average Bonchev–Trinajstić information content (AvgIpc) is 3.25. The van der Waals surface area contributed by atoms with Crippen molar-refractivity contribution in [2.45, 2.75) is 30.7 Å². The Morgan fingerprint density at radius 3 is 2.95 bits per heavy atom. The third-order valence-electron chi connectivity index (χ3n) is 3.56. The second-order valence-corrected chi connectivity index (χ2v) is 6.44. The zero-order chi connectivity index (χ0) is 14.8. The molecule has 1 aromatic rings. The van der Waals surface area contributed by atoms with Gasteiger partial charge in [-0.05, 0) is 31.0 Å². The lowest BCUT2D eigenvalue weighted by Gasteiger charge is -2.29. The first-order valence-corrected chi connectivity index (χ1v) is 8.20. The summed E-state index contributed by atoms with van der Waals surface area (Å²) in [5.74, 6) is 0.488. The number of nitrogens with zero attached hydrogens (tertiary/aromatic N) is 1. The molecule has 0 spiro atoms. The Morgan fingerprint density at radius 2 is 2.24 bits per heavy atom. The molecule has 6 heteroatoms. The molecule has 21 heavy (non-hydrogen) atoms. The summed E-state index contributed by atoms with van der Waals surface area (Å²) in [5.41, 5.74) is 2.02. The Hall–Kier alpha value is -1.69. The van der Waals surface area contributed by atoms with Crippen LogP contribution >= 0.6 is 11.8 Å². The SMILES string of the molecule is CC(=O)NCCN1C(=O)CSc2ccc(NC3CC3)cc21. The van der Waals surface area contributed by atoms with Crippen LogP contribution in [-0.4, -0.2) is 36.7 Å². The zero-order valence-corrected chi connectivity index (χ0v) is 12.8. The van der Waals surface area contributed by atoms with Gasteiger partial charge >= 0.3 is 0 Å². The monoisotopic (exact) mass is 305 g/mol. The lowest BCUT2D eigenvalue weighted by molar-refractivity contribution is -0.119. The standard InChI is InChI=1S/C15H19N3O2S/c1-10(19)16-6-7-18-13-8-12(17-11-2-3-11)4-5-14(13)21-9-15(18)20/h4-5,8,11,17H,2-3,6-7,9H2,1H3,(H,16,19). The lowest BCUT2D eigenvalue weighted by atomic mass is 10.2. The van der Waals surface area contributed by atoms with Gasteiger partial charge < -0.3 is 15.5 Å². The van der Waals surface area contributed by atoms with Gasteiger partial charge in [0.1, 0.15) is 0 Å². The van der Waals surface area contributed by atoms with Crippen molar-refractivity contribution in [1.82, 2.24) is 5.32 Å². The van der Waals surface area contributed by atoms with Crippen LogP contribution in [0.15, 0.2) is 23.1 Å². The van der Waals surface area contributed by atoms with Crippen LogP contribution in [0.25, 0.3) is 0 Å². The minimum absolute atomic E-state index is 0.0711. The summed E-state index contributed by atoms with van der Waals surface area (Å²) in [6.07, 6.45) is 2.44. The number of carbonyl (C=O) groups excluding carboxylic acids is 2. The fraction of sp³-hybridized carbons (Fsp3) is 0.467. The quantitative estimate of drug-likeness (QED) is 0.871. The molecule has 1 aliphatic heterocycles. The highest BCUT2D eigenvalue weighted by Gasteiger charge is 2.26. The van der Waals surface area contributed by atoms with E-state index in [-0.39, 0.29) is 11.8 Å². The molecule has 112 valence electrons. The molecule has 1 aromatic carbocycles. The number of amides is 2. The molecule has 1 fully saturated rings. The van der Waals surface area contributed by atoms with E-state index in [0.717, 1.165) is 16.3 Å². The van der Waals surface area contributed by atoms with Crippen molar-refractivity contribution in [1.29, 1.82) is 0 Å². The van der Waals surface area contributed by atoms with Crippen LogP contribution in [0.4, 0.5) is 11.4 Å². The number of rotatable bonds is 5. The van der Waals surface area contributed by atoms with Gasteiger partial charge in [-0.2, -0.15) is 0 Å². The number of fused-ring (bicyclic) bond motifs is 1. The maximum absolute atomic E-state index is 12.2. The minimum Gasteiger partial charge on any atom is -0.382 e. The second-order valence-electron chi connectivity index (χ2n) is 5.42. The number of thioether (sulfide) groups is 1. The topological polar surface area (TPSA) is 61.4 Å². The van der Waals surface area contributed by atoms with Crippen LogP contribution in [-0.2, 0) is 9.59 Å². The zero-order valence-electron chi connectivity index (χ0n) is 12.0. The molecule has 1 aliphatic carbocycles. The molecule has 2 amide bonds. The molecular weight excluding hydrogens is 286 g/mol. The van der Waals surface area contributed by atoms with E-state index in [0.29, 0.717) is 24.9 Å². The Morgan fingerprint density at radius 1 is 1.43 bits per heavy atom. The van der Waals surface area contributed by atoms with E-state index in [9.17, 15) is 9.59 Å². The number of nitrogens with one attached hydrogen (secondary N) is 2. The summed E-state index contributed by atoms with van der Waals surface area (Å²) < 4.78 is 0. The van der Waals surface area contributed by atoms with E-state index < -0.39 is 0 Å². The summed E-state index contributed by atoms with van der Waals surface area (Å²) in [4.78, 5) is 26.0. The number of hydrogen-bond donors (Lipinski definition) is 2. The van der Waals surface area contributed by atoms with Crippen molar-refractivity contribution in [3.63, 3.8) is 0 Å². The van der Waals surface area contributed by atoms with Crippen LogP contribution in [0.2, 0.25) is 0 Å². The molecule has 0 unspecified atom stereocenters. The molecule has 3 rings (SSSR count). The van der Waals surface area contributed by atoms with E-state index in [1.165, 1.54) is 19.8 Å². The number of anilines is 2. The normalized spacial score (nSPS) is 17.4. The average molecular weight is 305 g/mol. The maximum atomic E-state index is 12.2. The van der Waals surface area contributed by atoms with Crippen LogP contribution in [0.1, 0.15) is 19.8 Å². The lowest BCUT2D eigenvalue weighted by Crippen LogP contribution is -2.41. The number of hydrogen-bond acceptors (Lipinski definition) is 4. The molecule has 1 heterocycles. The molecule has 0 aromatic heterocycles. The van der Waals surface area contributed by atoms with E-state index in [4.69, 9.17) is 0 Å². The van der Waals surface area contributed by atoms with Crippen molar-refractivity contribution in [3.8, 4) is 0 Å². The van der Waals surface area contributed by atoms with Gasteiger partial charge in [0.05, 0.1) is 11.4 Å². The number of benzene rings is 1. The van der Waals surface area contributed by atoms with Crippen molar-refractivity contribution < 1.29 is 9.59 Å². The molecule has 5 nitrogen and oxygen atoms in total. The smallest absolute Gasteiger partial charge is 0.237 e. The predicted molar refractivity (Wildman–Crippen MR) is 84.8 cm³/mol. The summed E-state index contributed by atoms with van der Waals surface area (Å²) >= 11 is 1.58. The Bertz CT molecular complexity index is 572. The summed E-state index contributed by atoms with van der Waals surface area (Å²) in [5, 5.41) is 6.20. The first kappa shape index (κ1) is 14.3. The Kier molecular flexibility index (Phi) is 4.05. The Balaban J connectivity index is 1.76. The van der Waals surface area contributed by atoms with Crippen LogP contribution in [0.5, 0.6) is 0 Å². The van der Waals surface area contributed by atoms with Gasteiger partial charge in [-0.1, -0.05) is 0 Å². The fourth-order valence-corrected chi connectivity index (χ4v) is 3.26. The van der Waals surface area contributed by atoms with E-state index in [1.54, 1.807) is 16.7 Å². The molecule has 2 N–H and O–H groups in total. The van der Waals surface area contributed by atoms with Gasteiger partial charge in [-0.3, -0.25) is 9.59 Å². The predicted octanol–water partition coefficient (Wildman–Crippen LogP) is 1.84. The summed E-state index contributed by atoms with van der Waals surface area (Å²) in [7, 11) is 0. The van der Waals surface area contributed by atoms with Crippen LogP contribution in [0, 0.1) is 0 Å². The van der Waals surface area contributed by atoms with E-state index in [2.05, 4.69) is 22.8 Å². The molecule has 2 aliphatic rings. The number of carbonyl (C=O) groups is 2. The van der Waals surface area contributed by atoms with Crippen molar-refractivity contribution in [3.05, 3.63) is 18.2 Å². The van der Waals surface area contributed by atoms with Gasteiger partial charge in [0.2, 0.25) is 11.8 Å². The highest BCUT2D eigenvalue weighted by atomic mass is 32.2. The van der Waals surface area contributed by atoms with Gasteiger partial charge in [0.15, 0.2) is 0 Å². The van der Waals surface area contributed by atoms with E-state index in [1.807, 2.05) is 6.07 Å². The van der Waals surface area contributed by atoms with E-state index >= 15 is 0 Å². The third kappa shape index (κ3) is 3.50. The van der Waals surface area contributed by atoms with Gasteiger partial charge in [-0.15, -0.1) is 11.8 Å². The third-order valence-corrected chi connectivity index (χ3v) is 4.61. The molecule has 1 saturated carbocycles. The molecule has 0 atom stereocenters. The molecular formula is C15H19N3O2S. The maximum Gasteiger partial charge on any atom is 0.237 e. The molecule has 0 bridgehead atoms. The first-order chi connectivity index (χ1) is 10.1. The highest BCUT2D eigenvalue weighted by molar-refractivity contribution is 8.00. The second kappa shape index (κ2) is 5.97.